The standard InChI is InChI=1S/C18H20N6O2.HI/c1-19-18(21-11-17-23-22-16-4-2-3-9-24(16)17)20-8-7-13-5-6-14-15(10-13)26-12-25-14;/h2-6,9-10H,7-8,11-12H2,1H3,(H2,19,20,21);1H. The minimum Gasteiger partial charge on any atom is -0.454 e. The first-order valence-electron chi connectivity index (χ1n) is 8.45. The summed E-state index contributed by atoms with van der Waals surface area (Å²) in [5.41, 5.74) is 2.01. The third kappa shape index (κ3) is 4.41. The van der Waals surface area contributed by atoms with Crippen molar-refractivity contribution in [3.8, 4) is 11.5 Å². The highest BCUT2D eigenvalue weighted by Crippen LogP contribution is 2.32. The van der Waals surface area contributed by atoms with E-state index in [4.69, 9.17) is 9.47 Å². The number of fused-ring (bicyclic) bond motifs is 2. The first-order chi connectivity index (χ1) is 12.8. The zero-order chi connectivity index (χ0) is 17.8. The molecule has 0 bridgehead atoms. The highest BCUT2D eigenvalue weighted by atomic mass is 127. The van der Waals surface area contributed by atoms with Gasteiger partial charge in [0.25, 0.3) is 0 Å². The molecule has 142 valence electrons. The number of guanidine groups is 1. The third-order valence-corrected chi connectivity index (χ3v) is 4.16. The van der Waals surface area contributed by atoms with Gasteiger partial charge in [0, 0.05) is 19.8 Å². The second kappa shape index (κ2) is 8.89. The summed E-state index contributed by atoms with van der Waals surface area (Å²) in [6.07, 6.45) is 2.80. The lowest BCUT2D eigenvalue weighted by atomic mass is 10.1. The maximum absolute atomic E-state index is 5.41. The van der Waals surface area contributed by atoms with E-state index in [1.807, 2.05) is 47.0 Å². The highest BCUT2D eigenvalue weighted by Gasteiger charge is 2.13. The fourth-order valence-electron chi connectivity index (χ4n) is 2.82. The fourth-order valence-corrected chi connectivity index (χ4v) is 2.82. The number of ether oxygens (including phenoxy) is 2. The molecule has 9 heteroatoms. The number of hydrogen-bond donors (Lipinski definition) is 2. The van der Waals surface area contributed by atoms with Crippen LogP contribution in [0, 0.1) is 0 Å². The molecule has 0 saturated heterocycles. The summed E-state index contributed by atoms with van der Waals surface area (Å²) in [5.74, 6) is 3.17. The lowest BCUT2D eigenvalue weighted by Crippen LogP contribution is -2.38. The van der Waals surface area contributed by atoms with Gasteiger partial charge >= 0.3 is 0 Å². The number of aliphatic imine (C=N–C) groups is 1. The minimum absolute atomic E-state index is 0. The Bertz CT molecular complexity index is 943. The molecular weight excluding hydrogens is 459 g/mol. The van der Waals surface area contributed by atoms with Crippen molar-refractivity contribution in [3.63, 3.8) is 0 Å². The molecule has 0 atom stereocenters. The molecule has 1 aliphatic heterocycles. The minimum atomic E-state index is 0. The van der Waals surface area contributed by atoms with Crippen molar-refractivity contribution in [2.75, 3.05) is 20.4 Å². The van der Waals surface area contributed by atoms with Crippen molar-refractivity contribution in [1.82, 2.24) is 25.2 Å². The van der Waals surface area contributed by atoms with E-state index in [1.54, 1.807) is 7.05 Å². The van der Waals surface area contributed by atoms with Gasteiger partial charge in [0.2, 0.25) is 6.79 Å². The summed E-state index contributed by atoms with van der Waals surface area (Å²) in [6, 6.07) is 11.8. The van der Waals surface area contributed by atoms with Crippen LogP contribution in [0.5, 0.6) is 11.5 Å². The van der Waals surface area contributed by atoms with E-state index in [-0.39, 0.29) is 24.0 Å². The summed E-state index contributed by atoms with van der Waals surface area (Å²) in [7, 11) is 1.75. The van der Waals surface area contributed by atoms with Crippen LogP contribution < -0.4 is 20.1 Å². The second-order valence-electron chi connectivity index (χ2n) is 5.84. The molecule has 1 aliphatic rings. The lowest BCUT2D eigenvalue weighted by Gasteiger charge is -2.11. The first kappa shape index (κ1) is 19.2. The summed E-state index contributed by atoms with van der Waals surface area (Å²) in [6.45, 7) is 1.58. The van der Waals surface area contributed by atoms with Crippen molar-refractivity contribution in [2.45, 2.75) is 13.0 Å². The smallest absolute Gasteiger partial charge is 0.231 e. The number of pyridine rings is 1. The molecule has 1 aromatic carbocycles. The van der Waals surface area contributed by atoms with Gasteiger partial charge in [0.1, 0.15) is 0 Å². The van der Waals surface area contributed by atoms with Crippen LogP contribution in [-0.2, 0) is 13.0 Å². The molecule has 0 spiro atoms. The van der Waals surface area contributed by atoms with E-state index in [1.165, 1.54) is 5.56 Å². The largest absolute Gasteiger partial charge is 0.454 e. The summed E-state index contributed by atoms with van der Waals surface area (Å²) < 4.78 is 12.7. The number of hydrogen-bond acceptors (Lipinski definition) is 5. The van der Waals surface area contributed by atoms with Crippen molar-refractivity contribution in [1.29, 1.82) is 0 Å². The number of rotatable bonds is 5. The molecule has 0 saturated carbocycles. The number of nitrogens with zero attached hydrogens (tertiary/aromatic N) is 4. The molecule has 0 aliphatic carbocycles. The van der Waals surface area contributed by atoms with Crippen molar-refractivity contribution < 1.29 is 9.47 Å². The third-order valence-electron chi connectivity index (χ3n) is 4.16. The van der Waals surface area contributed by atoms with E-state index in [2.05, 4.69) is 25.8 Å². The molecule has 0 radical (unpaired) electrons. The van der Waals surface area contributed by atoms with Crippen LogP contribution in [0.2, 0.25) is 0 Å². The summed E-state index contributed by atoms with van der Waals surface area (Å²) in [5, 5.41) is 14.9. The zero-order valence-electron chi connectivity index (χ0n) is 14.9. The quantitative estimate of drug-likeness (QED) is 0.330. The number of aromatic nitrogens is 3. The molecule has 3 heterocycles. The van der Waals surface area contributed by atoms with E-state index >= 15 is 0 Å². The van der Waals surface area contributed by atoms with Gasteiger partial charge in [-0.1, -0.05) is 12.1 Å². The van der Waals surface area contributed by atoms with Crippen LogP contribution in [0.1, 0.15) is 11.4 Å². The molecule has 0 unspecified atom stereocenters. The van der Waals surface area contributed by atoms with E-state index < -0.39 is 0 Å². The Labute approximate surface area is 174 Å². The molecule has 0 fully saturated rings. The Morgan fingerprint density at radius 1 is 1.15 bits per heavy atom. The topological polar surface area (TPSA) is 85.1 Å². The molecule has 0 amide bonds. The normalized spacial score (nSPS) is 12.7. The van der Waals surface area contributed by atoms with Gasteiger partial charge in [-0.15, -0.1) is 34.2 Å². The van der Waals surface area contributed by atoms with E-state index in [9.17, 15) is 0 Å². The van der Waals surface area contributed by atoms with Gasteiger partial charge in [-0.3, -0.25) is 9.39 Å². The van der Waals surface area contributed by atoms with Crippen LogP contribution in [0.4, 0.5) is 0 Å². The summed E-state index contributed by atoms with van der Waals surface area (Å²) in [4.78, 5) is 4.25. The Balaban J connectivity index is 0.00000210. The van der Waals surface area contributed by atoms with Crippen molar-refractivity contribution in [3.05, 3.63) is 54.0 Å². The van der Waals surface area contributed by atoms with Crippen LogP contribution in [0.3, 0.4) is 0 Å². The predicted octanol–water partition coefficient (Wildman–Crippen LogP) is 1.98. The molecule has 2 aromatic heterocycles. The Morgan fingerprint density at radius 2 is 2.04 bits per heavy atom. The van der Waals surface area contributed by atoms with Crippen LogP contribution >= 0.6 is 24.0 Å². The number of benzene rings is 1. The van der Waals surface area contributed by atoms with E-state index in [0.29, 0.717) is 13.3 Å². The average Bonchev–Trinajstić information content (AvgIpc) is 3.31. The average molecular weight is 480 g/mol. The molecule has 2 N–H and O–H groups in total. The Kier molecular flexibility index (Phi) is 6.32. The van der Waals surface area contributed by atoms with Crippen LogP contribution in [-0.4, -0.2) is 40.9 Å². The number of halogens is 1. The van der Waals surface area contributed by atoms with Gasteiger partial charge in [0.05, 0.1) is 6.54 Å². The van der Waals surface area contributed by atoms with Gasteiger partial charge in [-0.05, 0) is 36.2 Å². The molecular formula is C18H21IN6O2. The first-order valence-corrected chi connectivity index (χ1v) is 8.45. The zero-order valence-corrected chi connectivity index (χ0v) is 17.2. The van der Waals surface area contributed by atoms with Crippen molar-refractivity contribution >= 4 is 35.6 Å². The monoisotopic (exact) mass is 480 g/mol. The predicted molar refractivity (Wildman–Crippen MR) is 113 cm³/mol. The number of nitrogens with one attached hydrogen (secondary N) is 2. The highest BCUT2D eigenvalue weighted by molar-refractivity contribution is 14.0. The van der Waals surface area contributed by atoms with Gasteiger partial charge in [-0.2, -0.15) is 0 Å². The van der Waals surface area contributed by atoms with Crippen LogP contribution in [0.25, 0.3) is 5.65 Å². The molecule has 27 heavy (non-hydrogen) atoms. The molecule has 4 rings (SSSR count). The summed E-state index contributed by atoms with van der Waals surface area (Å²) >= 11 is 0. The Morgan fingerprint density at radius 3 is 2.93 bits per heavy atom. The molecule has 8 nitrogen and oxygen atoms in total. The maximum Gasteiger partial charge on any atom is 0.231 e. The van der Waals surface area contributed by atoms with Gasteiger partial charge in [0.15, 0.2) is 28.9 Å². The fraction of sp³-hybridized carbons (Fsp3) is 0.278. The second-order valence-corrected chi connectivity index (χ2v) is 5.84. The Hall–Kier alpha value is -2.56. The maximum atomic E-state index is 5.41. The van der Waals surface area contributed by atoms with Crippen molar-refractivity contribution in [2.24, 2.45) is 4.99 Å². The SMILES string of the molecule is CN=C(NCCc1ccc2c(c1)OCO2)NCc1nnc2ccccn12.I. The lowest BCUT2D eigenvalue weighted by molar-refractivity contribution is 0.174. The van der Waals surface area contributed by atoms with E-state index in [0.717, 1.165) is 41.9 Å². The van der Waals surface area contributed by atoms with Crippen LogP contribution in [0.15, 0.2) is 47.6 Å². The van der Waals surface area contributed by atoms with Gasteiger partial charge in [-0.25, -0.2) is 0 Å². The van der Waals surface area contributed by atoms with Gasteiger partial charge < -0.3 is 20.1 Å². The molecule has 3 aromatic rings.